The van der Waals surface area contributed by atoms with Crippen LogP contribution in [-0.2, 0) is 9.53 Å². The van der Waals surface area contributed by atoms with Gasteiger partial charge in [-0.1, -0.05) is 44.9 Å². The normalized spacial score (nSPS) is 33.6. The van der Waals surface area contributed by atoms with Crippen LogP contribution in [0, 0.1) is 28.6 Å². The van der Waals surface area contributed by atoms with Gasteiger partial charge < -0.3 is 20.1 Å². The highest BCUT2D eigenvalue weighted by atomic mass is 16.5. The van der Waals surface area contributed by atoms with Crippen LogP contribution in [0.2, 0.25) is 0 Å². The maximum atomic E-state index is 11.9. The maximum Gasteiger partial charge on any atom is 0.309 e. The van der Waals surface area contributed by atoms with Gasteiger partial charge in [0.25, 0.3) is 0 Å². The smallest absolute Gasteiger partial charge is 0.309 e. The maximum absolute atomic E-state index is 11.9. The molecule has 0 bridgehead atoms. The van der Waals surface area contributed by atoms with Gasteiger partial charge in [0.2, 0.25) is 0 Å². The highest BCUT2D eigenvalue weighted by molar-refractivity contribution is 5.75. The van der Waals surface area contributed by atoms with E-state index in [2.05, 4.69) is 37.7 Å². The molecule has 0 saturated heterocycles. The van der Waals surface area contributed by atoms with Crippen molar-refractivity contribution in [1.82, 2.24) is 0 Å². The molecule has 0 spiro atoms. The first-order valence-electron chi connectivity index (χ1n) is 11.1. The van der Waals surface area contributed by atoms with Crippen molar-refractivity contribution >= 4 is 5.97 Å². The number of rotatable bonds is 6. The summed E-state index contributed by atoms with van der Waals surface area (Å²) < 4.78 is 4.63. The molecule has 0 unspecified atom stereocenters. The number of aliphatic hydroxyl groups is 2. The second kappa shape index (κ2) is 10.2. The molecule has 3 N–H and O–H groups in total. The number of fused-ring (bicyclic) bond motifs is 3. The summed E-state index contributed by atoms with van der Waals surface area (Å²) in [5, 5.41) is 26.0. The number of aliphatic carboxylic acids is 1. The summed E-state index contributed by atoms with van der Waals surface area (Å²) in [6, 6.07) is 0. The van der Waals surface area contributed by atoms with Crippen molar-refractivity contribution < 1.29 is 24.9 Å². The predicted octanol–water partition coefficient (Wildman–Crippen LogP) is 4.19. The van der Waals surface area contributed by atoms with Crippen LogP contribution in [-0.4, -0.2) is 47.7 Å². The molecule has 0 heterocycles. The molecule has 166 valence electrons. The van der Waals surface area contributed by atoms with E-state index in [1.54, 1.807) is 5.57 Å². The lowest BCUT2D eigenvalue weighted by Gasteiger charge is -2.57. The molecule has 0 aromatic carbocycles. The minimum atomic E-state index is -0.588. The largest absolute Gasteiger partial charge is 0.481 e. The fourth-order valence-corrected chi connectivity index (χ4v) is 5.83. The monoisotopic (exact) mass is 408 g/mol. The summed E-state index contributed by atoms with van der Waals surface area (Å²) >= 11 is 0. The van der Waals surface area contributed by atoms with Gasteiger partial charge >= 0.3 is 5.97 Å². The number of ether oxygens (including phenoxy) is 1. The summed E-state index contributed by atoms with van der Waals surface area (Å²) in [5.41, 5.74) is 2.69. The standard InChI is InChI=1S/C20H30O2.C4H10O3/c1-13(2)14-6-8-16-15(12-14)7-9-17-19(16,3)10-5-11-20(17,4)18(21)22;5-1-3-7-4-2-6/h7,12-13,16-17H,5-6,8-11H2,1-4H3,(H,21,22);5-6H,1-4H2/t16-,17+,19+,20+;/m0./s1. The van der Waals surface area contributed by atoms with E-state index in [9.17, 15) is 9.90 Å². The van der Waals surface area contributed by atoms with E-state index in [1.807, 2.05) is 6.92 Å². The van der Waals surface area contributed by atoms with Gasteiger partial charge in [0.15, 0.2) is 0 Å². The highest BCUT2D eigenvalue weighted by Crippen LogP contribution is 2.62. The Hall–Kier alpha value is -1.17. The number of carboxylic acids is 1. The Morgan fingerprint density at radius 1 is 1.21 bits per heavy atom. The molecule has 4 atom stereocenters. The Morgan fingerprint density at radius 2 is 1.86 bits per heavy atom. The minimum absolute atomic E-state index is 0.0278. The van der Waals surface area contributed by atoms with Crippen molar-refractivity contribution in [1.29, 1.82) is 0 Å². The average molecular weight is 409 g/mol. The Kier molecular flexibility index (Phi) is 8.50. The zero-order chi connectivity index (χ0) is 21.7. The minimum Gasteiger partial charge on any atom is -0.481 e. The van der Waals surface area contributed by atoms with E-state index < -0.39 is 11.4 Å². The van der Waals surface area contributed by atoms with E-state index >= 15 is 0 Å². The molecule has 1 fully saturated rings. The van der Waals surface area contributed by atoms with Crippen LogP contribution in [0.15, 0.2) is 23.3 Å². The fraction of sp³-hybridized carbons (Fsp3) is 0.792. The molecule has 3 rings (SSSR count). The first-order valence-corrected chi connectivity index (χ1v) is 11.1. The van der Waals surface area contributed by atoms with Gasteiger partial charge in [-0.2, -0.15) is 0 Å². The quantitative estimate of drug-likeness (QED) is 0.574. The zero-order valence-electron chi connectivity index (χ0n) is 18.6. The molecule has 0 aromatic heterocycles. The van der Waals surface area contributed by atoms with E-state index in [4.69, 9.17) is 10.2 Å². The first-order chi connectivity index (χ1) is 13.7. The molecule has 3 aliphatic carbocycles. The van der Waals surface area contributed by atoms with Crippen LogP contribution in [0.3, 0.4) is 0 Å². The number of hydrogen-bond acceptors (Lipinski definition) is 4. The Labute approximate surface area is 175 Å². The summed E-state index contributed by atoms with van der Waals surface area (Å²) in [6.45, 7) is 9.63. The number of allylic oxidation sites excluding steroid dienone is 4. The molecule has 29 heavy (non-hydrogen) atoms. The summed E-state index contributed by atoms with van der Waals surface area (Å²) in [6.07, 6.45) is 11.2. The van der Waals surface area contributed by atoms with Crippen LogP contribution >= 0.6 is 0 Å². The van der Waals surface area contributed by atoms with Gasteiger partial charge in [-0.05, 0) is 67.8 Å². The van der Waals surface area contributed by atoms with Crippen molar-refractivity contribution in [2.24, 2.45) is 28.6 Å². The number of carboxylic acid groups (broad SMARTS) is 1. The number of aliphatic hydroxyl groups excluding tert-OH is 2. The summed E-state index contributed by atoms with van der Waals surface area (Å²) in [4.78, 5) is 11.9. The summed E-state index contributed by atoms with van der Waals surface area (Å²) in [5.74, 6) is 0.888. The van der Waals surface area contributed by atoms with Gasteiger partial charge in [-0.3, -0.25) is 4.79 Å². The van der Waals surface area contributed by atoms with Gasteiger partial charge in [-0.15, -0.1) is 0 Å². The first kappa shape index (κ1) is 24.1. The molecule has 0 radical (unpaired) electrons. The molecule has 3 aliphatic rings. The van der Waals surface area contributed by atoms with Crippen molar-refractivity contribution in [3.8, 4) is 0 Å². The molecule has 1 saturated carbocycles. The molecule has 5 heteroatoms. The number of hydrogen-bond donors (Lipinski definition) is 3. The lowest BCUT2D eigenvalue weighted by atomic mass is 9.47. The van der Waals surface area contributed by atoms with E-state index in [-0.39, 0.29) is 24.5 Å². The van der Waals surface area contributed by atoms with Crippen molar-refractivity contribution in [3.05, 3.63) is 23.3 Å². The zero-order valence-corrected chi connectivity index (χ0v) is 18.6. The fourth-order valence-electron chi connectivity index (χ4n) is 5.83. The third-order valence-corrected chi connectivity index (χ3v) is 7.54. The lowest BCUT2D eigenvalue weighted by molar-refractivity contribution is -0.162. The van der Waals surface area contributed by atoms with E-state index in [0.717, 1.165) is 19.3 Å². The van der Waals surface area contributed by atoms with E-state index in [0.29, 0.717) is 25.0 Å². The average Bonchev–Trinajstić information content (AvgIpc) is 2.68. The van der Waals surface area contributed by atoms with Gasteiger partial charge in [-0.25, -0.2) is 0 Å². The predicted molar refractivity (Wildman–Crippen MR) is 115 cm³/mol. The third-order valence-electron chi connectivity index (χ3n) is 7.54. The van der Waals surface area contributed by atoms with Gasteiger partial charge in [0.1, 0.15) is 0 Å². The van der Waals surface area contributed by atoms with Crippen molar-refractivity contribution in [2.45, 2.75) is 66.2 Å². The third kappa shape index (κ3) is 5.12. The van der Waals surface area contributed by atoms with Crippen LogP contribution in [0.25, 0.3) is 0 Å². The van der Waals surface area contributed by atoms with Crippen LogP contribution in [0.4, 0.5) is 0 Å². The number of carbonyl (C=O) groups is 1. The molecular formula is C24H40O5. The second-order valence-electron chi connectivity index (χ2n) is 9.60. The summed E-state index contributed by atoms with van der Waals surface area (Å²) in [7, 11) is 0. The van der Waals surface area contributed by atoms with Crippen molar-refractivity contribution in [2.75, 3.05) is 26.4 Å². The molecule has 5 nitrogen and oxygen atoms in total. The second-order valence-corrected chi connectivity index (χ2v) is 9.60. The van der Waals surface area contributed by atoms with E-state index in [1.165, 1.54) is 24.8 Å². The SMILES string of the molecule is CC(C)C1=CC2=CC[C@@H]3[C@](C)(CCC[C@@]3(C)C(=O)O)[C@H]2CC1.OCCOCCO. The van der Waals surface area contributed by atoms with Crippen molar-refractivity contribution in [3.63, 3.8) is 0 Å². The Bertz CT molecular complexity index is 619. The van der Waals surface area contributed by atoms with Crippen LogP contribution in [0.5, 0.6) is 0 Å². The lowest BCUT2D eigenvalue weighted by Crippen LogP contribution is -2.53. The van der Waals surface area contributed by atoms with Gasteiger partial charge in [0.05, 0.1) is 31.8 Å². The highest BCUT2D eigenvalue weighted by Gasteiger charge is 2.57. The molecule has 0 aromatic rings. The Balaban J connectivity index is 0.000000370. The molecular weight excluding hydrogens is 368 g/mol. The van der Waals surface area contributed by atoms with Crippen LogP contribution < -0.4 is 0 Å². The topological polar surface area (TPSA) is 87.0 Å². The molecule has 0 amide bonds. The van der Waals surface area contributed by atoms with Gasteiger partial charge in [0, 0.05) is 0 Å². The Morgan fingerprint density at radius 3 is 2.41 bits per heavy atom. The molecule has 0 aliphatic heterocycles. The van der Waals surface area contributed by atoms with Crippen LogP contribution in [0.1, 0.15) is 66.2 Å².